The Bertz CT molecular complexity index is 882. The predicted octanol–water partition coefficient (Wildman–Crippen LogP) is 3.16. The van der Waals surface area contributed by atoms with Crippen LogP contribution in [0.4, 0.5) is 18.9 Å². The molecule has 2 amide bonds. The van der Waals surface area contributed by atoms with Gasteiger partial charge in [-0.15, -0.1) is 0 Å². The highest BCUT2D eigenvalue weighted by Crippen LogP contribution is 2.16. The second-order valence-corrected chi connectivity index (χ2v) is 5.96. The first kappa shape index (κ1) is 20.9. The summed E-state index contributed by atoms with van der Waals surface area (Å²) < 4.78 is 36.4. The van der Waals surface area contributed by atoms with E-state index in [4.69, 9.17) is 0 Å². The molecule has 0 spiro atoms. The lowest BCUT2D eigenvalue weighted by Crippen LogP contribution is -2.33. The first-order valence-electron chi connectivity index (χ1n) is 8.00. The van der Waals surface area contributed by atoms with Crippen molar-refractivity contribution in [2.45, 2.75) is 12.7 Å². The average molecular weight is 395 g/mol. The first-order valence-corrected chi connectivity index (χ1v) is 8.00. The Kier molecular flexibility index (Phi) is 6.34. The zero-order chi connectivity index (χ0) is 20.9. The van der Waals surface area contributed by atoms with E-state index in [9.17, 15) is 32.9 Å². The van der Waals surface area contributed by atoms with Crippen molar-refractivity contribution in [1.29, 1.82) is 0 Å². The van der Waals surface area contributed by atoms with Crippen molar-refractivity contribution in [2.24, 2.45) is 0 Å². The summed E-state index contributed by atoms with van der Waals surface area (Å²) in [5.41, 5.74) is 0.641. The number of carbonyl (C=O) groups excluding carboxylic acids is 2. The smallest absolute Gasteiger partial charge is 0.343 e. The summed E-state index contributed by atoms with van der Waals surface area (Å²) in [5, 5.41) is 12.6. The van der Waals surface area contributed by atoms with Gasteiger partial charge in [0, 0.05) is 36.9 Å². The Balaban J connectivity index is 2.01. The van der Waals surface area contributed by atoms with Crippen LogP contribution in [0.5, 0.6) is 0 Å². The third kappa shape index (κ3) is 5.79. The van der Waals surface area contributed by atoms with Crippen molar-refractivity contribution >= 4 is 17.5 Å². The van der Waals surface area contributed by atoms with Crippen LogP contribution in [-0.2, 0) is 6.54 Å². The van der Waals surface area contributed by atoms with Crippen molar-refractivity contribution in [3.05, 3.63) is 75.3 Å². The fourth-order valence-electron chi connectivity index (χ4n) is 2.36. The standard InChI is InChI=1S/C18H16F3N3O4/c1-23(17(26)14-3-2-4-15(9-14)24(27)28)10-12-5-7-13(8-6-12)16(25)22-11-18(19,20)21/h2-9H,10-11H2,1H3,(H,22,25). The van der Waals surface area contributed by atoms with Gasteiger partial charge in [0.1, 0.15) is 6.54 Å². The number of nitro benzene ring substituents is 1. The Morgan fingerprint density at radius 3 is 2.32 bits per heavy atom. The first-order chi connectivity index (χ1) is 13.1. The van der Waals surface area contributed by atoms with Crippen LogP contribution in [0, 0.1) is 10.1 Å². The van der Waals surface area contributed by atoms with Crippen molar-refractivity contribution in [2.75, 3.05) is 13.6 Å². The number of benzene rings is 2. The van der Waals surface area contributed by atoms with Gasteiger partial charge in [0.15, 0.2) is 0 Å². The molecule has 10 heteroatoms. The van der Waals surface area contributed by atoms with Crippen LogP contribution in [0.2, 0.25) is 0 Å². The fourth-order valence-corrected chi connectivity index (χ4v) is 2.36. The number of nitrogens with zero attached hydrogens (tertiary/aromatic N) is 2. The quantitative estimate of drug-likeness (QED) is 0.601. The second kappa shape index (κ2) is 8.51. The van der Waals surface area contributed by atoms with Crippen molar-refractivity contribution in [3.8, 4) is 0 Å². The average Bonchev–Trinajstić information content (AvgIpc) is 2.65. The molecule has 0 saturated carbocycles. The van der Waals surface area contributed by atoms with Gasteiger partial charge in [-0.25, -0.2) is 0 Å². The van der Waals surface area contributed by atoms with E-state index < -0.39 is 29.5 Å². The molecule has 0 aliphatic heterocycles. The van der Waals surface area contributed by atoms with Crippen LogP contribution in [-0.4, -0.2) is 41.4 Å². The number of amides is 2. The van der Waals surface area contributed by atoms with E-state index in [0.717, 1.165) is 0 Å². The van der Waals surface area contributed by atoms with Gasteiger partial charge < -0.3 is 10.2 Å². The molecule has 0 atom stereocenters. The molecule has 148 valence electrons. The summed E-state index contributed by atoms with van der Waals surface area (Å²) in [5.74, 6) is -1.29. The van der Waals surface area contributed by atoms with Crippen LogP contribution in [0.25, 0.3) is 0 Å². The number of rotatable bonds is 6. The number of hydrogen-bond acceptors (Lipinski definition) is 4. The van der Waals surface area contributed by atoms with E-state index in [1.165, 1.54) is 60.5 Å². The number of halogens is 3. The van der Waals surface area contributed by atoms with Crippen LogP contribution < -0.4 is 5.32 Å². The van der Waals surface area contributed by atoms with Crippen molar-refractivity contribution in [3.63, 3.8) is 0 Å². The molecule has 1 N–H and O–H groups in total. The Morgan fingerprint density at radius 1 is 1.11 bits per heavy atom. The maximum Gasteiger partial charge on any atom is 0.405 e. The number of non-ortho nitro benzene ring substituents is 1. The molecular formula is C18H16F3N3O4. The fraction of sp³-hybridized carbons (Fsp3) is 0.222. The highest BCUT2D eigenvalue weighted by molar-refractivity contribution is 5.95. The molecule has 0 aromatic heterocycles. The molecule has 0 fully saturated rings. The predicted molar refractivity (Wildman–Crippen MR) is 93.7 cm³/mol. The molecule has 0 radical (unpaired) electrons. The molecular weight excluding hydrogens is 379 g/mol. The van der Waals surface area contributed by atoms with Gasteiger partial charge in [0.2, 0.25) is 0 Å². The topological polar surface area (TPSA) is 92.6 Å². The molecule has 28 heavy (non-hydrogen) atoms. The van der Waals surface area contributed by atoms with E-state index in [2.05, 4.69) is 0 Å². The molecule has 0 unspecified atom stereocenters. The van der Waals surface area contributed by atoms with Crippen LogP contribution >= 0.6 is 0 Å². The van der Waals surface area contributed by atoms with Gasteiger partial charge in [0.05, 0.1) is 4.92 Å². The normalized spacial score (nSPS) is 11.0. The van der Waals surface area contributed by atoms with Crippen LogP contribution in [0.3, 0.4) is 0 Å². The summed E-state index contributed by atoms with van der Waals surface area (Å²) in [6.07, 6.45) is -4.49. The summed E-state index contributed by atoms with van der Waals surface area (Å²) in [4.78, 5) is 35.6. The molecule has 2 aromatic rings. The van der Waals surface area contributed by atoms with Gasteiger partial charge in [-0.2, -0.15) is 13.2 Å². The summed E-state index contributed by atoms with van der Waals surface area (Å²) >= 11 is 0. The molecule has 0 aliphatic carbocycles. The number of nitrogens with one attached hydrogen (secondary N) is 1. The SMILES string of the molecule is CN(Cc1ccc(C(=O)NCC(F)(F)F)cc1)C(=O)c1cccc([N+](=O)[O-])c1. The lowest BCUT2D eigenvalue weighted by molar-refractivity contribution is -0.384. The van der Waals surface area contributed by atoms with Gasteiger partial charge in [0.25, 0.3) is 17.5 Å². The molecule has 0 aliphatic rings. The maximum absolute atomic E-state index is 12.4. The maximum atomic E-state index is 12.4. The van der Waals surface area contributed by atoms with Crippen LogP contribution in [0.15, 0.2) is 48.5 Å². The summed E-state index contributed by atoms with van der Waals surface area (Å²) in [6.45, 7) is -1.28. The summed E-state index contributed by atoms with van der Waals surface area (Å²) in [6, 6.07) is 11.1. The number of nitro groups is 1. The van der Waals surface area contributed by atoms with Gasteiger partial charge in [-0.05, 0) is 23.8 Å². The van der Waals surface area contributed by atoms with Crippen LogP contribution in [0.1, 0.15) is 26.3 Å². The van der Waals surface area contributed by atoms with E-state index in [0.29, 0.717) is 5.56 Å². The van der Waals surface area contributed by atoms with Gasteiger partial charge in [-0.1, -0.05) is 18.2 Å². The number of carbonyl (C=O) groups is 2. The minimum absolute atomic E-state index is 0.0562. The van der Waals surface area contributed by atoms with E-state index in [1.54, 1.807) is 5.32 Å². The zero-order valence-electron chi connectivity index (χ0n) is 14.7. The van der Waals surface area contributed by atoms with E-state index in [-0.39, 0.29) is 23.4 Å². The summed E-state index contributed by atoms with van der Waals surface area (Å²) in [7, 11) is 1.51. The molecule has 2 aromatic carbocycles. The molecule has 7 nitrogen and oxygen atoms in total. The Hall–Kier alpha value is -3.43. The van der Waals surface area contributed by atoms with E-state index >= 15 is 0 Å². The monoisotopic (exact) mass is 395 g/mol. The molecule has 2 rings (SSSR count). The minimum atomic E-state index is -4.49. The highest BCUT2D eigenvalue weighted by Gasteiger charge is 2.27. The van der Waals surface area contributed by atoms with Crippen molar-refractivity contribution in [1.82, 2.24) is 10.2 Å². The highest BCUT2D eigenvalue weighted by atomic mass is 19.4. The third-order valence-corrected chi connectivity index (χ3v) is 3.74. The number of alkyl halides is 3. The molecule has 0 bridgehead atoms. The Labute approximate surface area is 157 Å². The third-order valence-electron chi connectivity index (χ3n) is 3.74. The zero-order valence-corrected chi connectivity index (χ0v) is 14.7. The lowest BCUT2D eigenvalue weighted by atomic mass is 10.1. The molecule has 0 heterocycles. The van der Waals surface area contributed by atoms with Gasteiger partial charge >= 0.3 is 6.18 Å². The number of hydrogen-bond donors (Lipinski definition) is 1. The Morgan fingerprint density at radius 2 is 1.75 bits per heavy atom. The minimum Gasteiger partial charge on any atom is -0.343 e. The van der Waals surface area contributed by atoms with Crippen molar-refractivity contribution < 1.29 is 27.7 Å². The molecule has 0 saturated heterocycles. The van der Waals surface area contributed by atoms with E-state index in [1.807, 2.05) is 0 Å². The second-order valence-electron chi connectivity index (χ2n) is 5.96. The lowest BCUT2D eigenvalue weighted by Gasteiger charge is -2.17. The van der Waals surface area contributed by atoms with Gasteiger partial charge in [-0.3, -0.25) is 19.7 Å². The largest absolute Gasteiger partial charge is 0.405 e.